The van der Waals surface area contributed by atoms with Gasteiger partial charge in [0.25, 0.3) is 0 Å². The molecule has 1 N–H and O–H groups in total. The number of fused-ring (bicyclic) bond motifs is 1. The summed E-state index contributed by atoms with van der Waals surface area (Å²) >= 11 is 1.64. The maximum absolute atomic E-state index is 14.1. The van der Waals surface area contributed by atoms with Crippen LogP contribution in [0.2, 0.25) is 0 Å². The molecule has 0 aliphatic carbocycles. The number of aromatic nitrogens is 2. The highest BCUT2D eigenvalue weighted by molar-refractivity contribution is 8.13. The fourth-order valence-corrected chi connectivity index (χ4v) is 3.69. The number of hydrogen-bond donors (Lipinski definition) is 1. The Bertz CT molecular complexity index is 903. The van der Waals surface area contributed by atoms with Crippen molar-refractivity contribution in [1.82, 2.24) is 14.9 Å². The molecular formula is C18H17FN4S. The summed E-state index contributed by atoms with van der Waals surface area (Å²) in [7, 11) is 0. The number of halogens is 1. The van der Waals surface area contributed by atoms with Crippen molar-refractivity contribution in [1.29, 1.82) is 0 Å². The molecule has 1 aliphatic heterocycles. The van der Waals surface area contributed by atoms with Gasteiger partial charge in [0.2, 0.25) is 0 Å². The van der Waals surface area contributed by atoms with Crippen LogP contribution in [-0.2, 0) is 12.3 Å². The van der Waals surface area contributed by atoms with Crippen molar-refractivity contribution < 1.29 is 4.39 Å². The number of benzene rings is 2. The second-order valence-corrected chi connectivity index (χ2v) is 6.56. The van der Waals surface area contributed by atoms with Gasteiger partial charge in [-0.3, -0.25) is 4.99 Å². The molecule has 1 aliphatic rings. The van der Waals surface area contributed by atoms with Gasteiger partial charge in [-0.05, 0) is 18.2 Å². The van der Waals surface area contributed by atoms with E-state index in [2.05, 4.69) is 14.9 Å². The van der Waals surface area contributed by atoms with Crippen molar-refractivity contribution >= 4 is 28.0 Å². The van der Waals surface area contributed by atoms with Crippen LogP contribution in [0.25, 0.3) is 11.0 Å². The zero-order valence-corrected chi connectivity index (χ0v) is 13.9. The van der Waals surface area contributed by atoms with Gasteiger partial charge in [0.05, 0.1) is 29.9 Å². The zero-order valence-electron chi connectivity index (χ0n) is 13.1. The van der Waals surface area contributed by atoms with Crippen molar-refractivity contribution in [3.63, 3.8) is 0 Å². The summed E-state index contributed by atoms with van der Waals surface area (Å²) in [6.45, 7) is 2.20. The molecule has 1 aromatic heterocycles. The van der Waals surface area contributed by atoms with Crippen LogP contribution in [0.15, 0.2) is 53.5 Å². The number of nitrogens with zero attached hydrogens (tertiary/aromatic N) is 3. The Kier molecular flexibility index (Phi) is 4.21. The summed E-state index contributed by atoms with van der Waals surface area (Å²) in [6.07, 6.45) is 0. The third-order valence-corrected chi connectivity index (χ3v) is 4.95. The molecule has 0 amide bonds. The number of para-hydroxylation sites is 2. The first-order valence-corrected chi connectivity index (χ1v) is 8.88. The van der Waals surface area contributed by atoms with Gasteiger partial charge in [-0.2, -0.15) is 0 Å². The van der Waals surface area contributed by atoms with Crippen LogP contribution >= 0.6 is 11.8 Å². The molecule has 0 spiro atoms. The van der Waals surface area contributed by atoms with Gasteiger partial charge in [0, 0.05) is 12.1 Å². The molecule has 0 bridgehead atoms. The van der Waals surface area contributed by atoms with E-state index >= 15 is 0 Å². The largest absolute Gasteiger partial charge is 0.363 e. The second kappa shape index (κ2) is 6.65. The van der Waals surface area contributed by atoms with Gasteiger partial charge >= 0.3 is 0 Å². The van der Waals surface area contributed by atoms with Crippen LogP contribution in [-0.4, -0.2) is 27.8 Å². The summed E-state index contributed by atoms with van der Waals surface area (Å²) in [5.74, 6) is 1.45. The van der Waals surface area contributed by atoms with E-state index in [1.165, 1.54) is 6.07 Å². The first-order chi connectivity index (χ1) is 11.8. The normalized spacial score (nSPS) is 14.0. The Morgan fingerprint density at radius 1 is 1.12 bits per heavy atom. The topological polar surface area (TPSA) is 42.2 Å². The van der Waals surface area contributed by atoms with Crippen LogP contribution in [0.1, 0.15) is 11.4 Å². The van der Waals surface area contributed by atoms with Gasteiger partial charge < -0.3 is 9.88 Å². The Morgan fingerprint density at radius 2 is 1.96 bits per heavy atom. The monoisotopic (exact) mass is 340 g/mol. The maximum Gasteiger partial charge on any atom is 0.157 e. The van der Waals surface area contributed by atoms with E-state index in [4.69, 9.17) is 4.98 Å². The molecule has 0 fully saturated rings. The molecule has 0 unspecified atom stereocenters. The zero-order chi connectivity index (χ0) is 16.4. The third-order valence-electron chi connectivity index (χ3n) is 4.00. The minimum atomic E-state index is -0.185. The Labute approximate surface area is 143 Å². The molecule has 4 nitrogen and oxygen atoms in total. The summed E-state index contributed by atoms with van der Waals surface area (Å²) < 4.78 is 16.2. The second-order valence-electron chi connectivity index (χ2n) is 5.60. The third kappa shape index (κ3) is 3.01. The lowest BCUT2D eigenvalue weighted by atomic mass is 10.2. The minimum absolute atomic E-state index is 0.185. The molecule has 0 atom stereocenters. The standard InChI is InChI=1S/C18H17FN4S/c19-14-6-2-1-5-13(14)11-23-16-8-4-3-7-15(16)22-17(23)12-24-18-20-9-10-21-18/h1-8H,9-12H2,(H,20,21). The van der Waals surface area contributed by atoms with Crippen molar-refractivity contribution in [2.75, 3.05) is 13.1 Å². The predicted octanol–water partition coefficient (Wildman–Crippen LogP) is 3.42. The molecule has 3 aromatic rings. The average Bonchev–Trinajstić information content (AvgIpc) is 3.23. The summed E-state index contributed by atoms with van der Waals surface area (Å²) in [6, 6.07) is 14.9. The number of amidine groups is 1. The van der Waals surface area contributed by atoms with Gasteiger partial charge in [0.15, 0.2) is 5.17 Å². The quantitative estimate of drug-likeness (QED) is 0.791. The highest BCUT2D eigenvalue weighted by Crippen LogP contribution is 2.22. The number of rotatable bonds is 4. The number of hydrogen-bond acceptors (Lipinski definition) is 4. The molecule has 0 saturated heterocycles. The fourth-order valence-electron chi connectivity index (χ4n) is 2.81. The summed E-state index contributed by atoms with van der Waals surface area (Å²) in [5.41, 5.74) is 2.63. The lowest BCUT2D eigenvalue weighted by Crippen LogP contribution is -2.15. The van der Waals surface area contributed by atoms with Gasteiger partial charge in [-0.25, -0.2) is 9.37 Å². The van der Waals surface area contributed by atoms with Crippen LogP contribution in [0.4, 0.5) is 4.39 Å². The van der Waals surface area contributed by atoms with Crippen molar-refractivity contribution in [2.24, 2.45) is 4.99 Å². The molecule has 122 valence electrons. The molecule has 2 heterocycles. The summed E-state index contributed by atoms with van der Waals surface area (Å²) in [5, 5.41) is 4.21. The smallest absolute Gasteiger partial charge is 0.157 e. The molecular weight excluding hydrogens is 323 g/mol. The van der Waals surface area contributed by atoms with Crippen LogP contribution in [0, 0.1) is 5.82 Å². The minimum Gasteiger partial charge on any atom is -0.363 e. The molecule has 6 heteroatoms. The van der Waals surface area contributed by atoms with E-state index in [-0.39, 0.29) is 5.82 Å². The molecule has 0 radical (unpaired) electrons. The van der Waals surface area contributed by atoms with E-state index < -0.39 is 0 Å². The SMILES string of the molecule is Fc1ccccc1Cn1c(CSC2=NCCN2)nc2ccccc21. The van der Waals surface area contributed by atoms with Crippen molar-refractivity contribution in [3.05, 3.63) is 65.7 Å². The number of aliphatic imine (C=N–C) groups is 1. The maximum atomic E-state index is 14.1. The van der Waals surface area contributed by atoms with Crippen LogP contribution in [0.3, 0.4) is 0 Å². The first-order valence-electron chi connectivity index (χ1n) is 7.90. The molecule has 4 rings (SSSR count). The number of thioether (sulfide) groups is 1. The van der Waals surface area contributed by atoms with Gasteiger partial charge in [-0.15, -0.1) is 0 Å². The Morgan fingerprint density at radius 3 is 2.79 bits per heavy atom. The lowest BCUT2D eigenvalue weighted by Gasteiger charge is -2.10. The van der Waals surface area contributed by atoms with E-state index in [9.17, 15) is 4.39 Å². The highest BCUT2D eigenvalue weighted by atomic mass is 32.2. The van der Waals surface area contributed by atoms with Crippen LogP contribution in [0.5, 0.6) is 0 Å². The van der Waals surface area contributed by atoms with E-state index in [0.29, 0.717) is 17.9 Å². The molecule has 24 heavy (non-hydrogen) atoms. The van der Waals surface area contributed by atoms with E-state index in [0.717, 1.165) is 35.1 Å². The van der Waals surface area contributed by atoms with Crippen molar-refractivity contribution in [2.45, 2.75) is 12.3 Å². The molecule has 0 saturated carbocycles. The Hall–Kier alpha value is -2.34. The predicted molar refractivity (Wildman–Crippen MR) is 96.8 cm³/mol. The fraction of sp³-hybridized carbons (Fsp3) is 0.222. The number of nitrogens with one attached hydrogen (secondary N) is 1. The van der Waals surface area contributed by atoms with E-state index in [1.54, 1.807) is 17.8 Å². The lowest BCUT2D eigenvalue weighted by molar-refractivity contribution is 0.599. The van der Waals surface area contributed by atoms with E-state index in [1.807, 2.05) is 36.4 Å². The highest BCUT2D eigenvalue weighted by Gasteiger charge is 2.14. The summed E-state index contributed by atoms with van der Waals surface area (Å²) in [4.78, 5) is 9.14. The first kappa shape index (κ1) is 15.2. The van der Waals surface area contributed by atoms with Crippen molar-refractivity contribution in [3.8, 4) is 0 Å². The van der Waals surface area contributed by atoms with Gasteiger partial charge in [0.1, 0.15) is 11.6 Å². The molecule has 2 aromatic carbocycles. The van der Waals surface area contributed by atoms with Crippen LogP contribution < -0.4 is 5.32 Å². The van der Waals surface area contributed by atoms with Gasteiger partial charge in [-0.1, -0.05) is 42.1 Å². The Balaban J connectivity index is 1.68. The number of imidazole rings is 1. The average molecular weight is 340 g/mol.